The Morgan fingerprint density at radius 3 is 2.12 bits per heavy atom. The van der Waals surface area contributed by atoms with Crippen LogP contribution in [0.4, 0.5) is 5.69 Å². The molecular weight excluding hydrogens is 340 g/mol. The molecule has 0 amide bonds. The van der Waals surface area contributed by atoms with E-state index in [0.29, 0.717) is 5.41 Å². The highest BCUT2D eigenvalue weighted by Crippen LogP contribution is 2.45. The zero-order chi connectivity index (χ0) is 17.9. The van der Waals surface area contributed by atoms with Crippen molar-refractivity contribution < 1.29 is 0 Å². The van der Waals surface area contributed by atoms with Gasteiger partial charge in [-0.3, -0.25) is 4.90 Å². The fraction of sp³-hybridized carbons (Fsp3) is 0.739. The van der Waals surface area contributed by atoms with Gasteiger partial charge in [0.15, 0.2) is 0 Å². The van der Waals surface area contributed by atoms with Crippen molar-refractivity contribution in [1.82, 2.24) is 4.90 Å². The molecule has 1 aromatic rings. The van der Waals surface area contributed by atoms with E-state index in [0.717, 1.165) is 11.8 Å². The Balaban J connectivity index is 0.00000243. The summed E-state index contributed by atoms with van der Waals surface area (Å²) in [5.74, 6) is 1.66. The van der Waals surface area contributed by atoms with E-state index in [1.807, 2.05) is 0 Å². The van der Waals surface area contributed by atoms with Gasteiger partial charge in [-0.2, -0.15) is 0 Å². The Morgan fingerprint density at radius 1 is 0.923 bits per heavy atom. The van der Waals surface area contributed by atoms with Crippen LogP contribution in [0.2, 0.25) is 0 Å². The predicted octanol–water partition coefficient (Wildman–Crippen LogP) is 5.96. The summed E-state index contributed by atoms with van der Waals surface area (Å²) in [6.45, 7) is 15.6. The van der Waals surface area contributed by atoms with Gasteiger partial charge in [0.2, 0.25) is 0 Å². The number of hydrogen-bond acceptors (Lipinski definition) is 2. The van der Waals surface area contributed by atoms with E-state index >= 15 is 0 Å². The number of hydrogen-bond donors (Lipinski definition) is 0. The van der Waals surface area contributed by atoms with E-state index in [1.165, 1.54) is 70.5 Å². The molecule has 26 heavy (non-hydrogen) atoms. The minimum Gasteiger partial charge on any atom is -0.369 e. The van der Waals surface area contributed by atoms with Gasteiger partial charge < -0.3 is 4.90 Å². The van der Waals surface area contributed by atoms with Crippen molar-refractivity contribution in [2.45, 2.75) is 65.7 Å². The molecule has 2 nitrogen and oxygen atoms in total. The number of halogens is 1. The third-order valence-corrected chi connectivity index (χ3v) is 6.58. The maximum atomic E-state index is 2.65. The molecule has 0 N–H and O–H groups in total. The van der Waals surface area contributed by atoms with Gasteiger partial charge in [0.05, 0.1) is 0 Å². The second kappa shape index (κ2) is 9.46. The van der Waals surface area contributed by atoms with Crippen molar-refractivity contribution in [3.8, 4) is 0 Å². The van der Waals surface area contributed by atoms with Crippen LogP contribution in [0.5, 0.6) is 0 Å². The lowest BCUT2D eigenvalue weighted by molar-refractivity contribution is 0.169. The van der Waals surface area contributed by atoms with Crippen molar-refractivity contribution in [3.05, 3.63) is 29.8 Å². The standard InChI is InChI=1S/C23H38N2.ClH/c1-5-14-24-15-17-25(18-16-24)22-9-7-6-8-21(22)19-10-12-20(13-11-19)23(2,3)4;/h6-9,19-20H,5,10-18H2,1-4H3;1H. The number of rotatable bonds is 4. The highest BCUT2D eigenvalue weighted by Gasteiger charge is 2.31. The van der Waals surface area contributed by atoms with E-state index < -0.39 is 0 Å². The largest absolute Gasteiger partial charge is 0.369 e. The van der Waals surface area contributed by atoms with E-state index in [-0.39, 0.29) is 12.4 Å². The zero-order valence-electron chi connectivity index (χ0n) is 17.3. The monoisotopic (exact) mass is 378 g/mol. The minimum absolute atomic E-state index is 0. The Bertz CT molecular complexity index is 535. The maximum Gasteiger partial charge on any atom is 0.0402 e. The van der Waals surface area contributed by atoms with Crippen LogP contribution in [-0.2, 0) is 0 Å². The molecule has 148 valence electrons. The molecule has 1 heterocycles. The van der Waals surface area contributed by atoms with Crippen LogP contribution in [0.15, 0.2) is 24.3 Å². The Kier molecular flexibility index (Phi) is 7.85. The third-order valence-electron chi connectivity index (χ3n) is 6.58. The molecular formula is C23H39ClN2. The summed E-state index contributed by atoms with van der Waals surface area (Å²) in [4.78, 5) is 5.27. The van der Waals surface area contributed by atoms with Crippen LogP contribution in [0.25, 0.3) is 0 Å². The number of benzene rings is 1. The quantitative estimate of drug-likeness (QED) is 0.637. The smallest absolute Gasteiger partial charge is 0.0402 e. The van der Waals surface area contributed by atoms with Gasteiger partial charge in [-0.1, -0.05) is 45.9 Å². The first-order chi connectivity index (χ1) is 12.0. The molecule has 1 aliphatic heterocycles. The summed E-state index contributed by atoms with van der Waals surface area (Å²) < 4.78 is 0. The zero-order valence-corrected chi connectivity index (χ0v) is 18.2. The van der Waals surface area contributed by atoms with Crippen molar-refractivity contribution in [3.63, 3.8) is 0 Å². The van der Waals surface area contributed by atoms with Crippen molar-refractivity contribution >= 4 is 18.1 Å². The van der Waals surface area contributed by atoms with Gasteiger partial charge in [0.1, 0.15) is 0 Å². The first kappa shape index (κ1) is 21.6. The molecule has 0 aromatic heterocycles. The molecule has 2 fully saturated rings. The number of piperazine rings is 1. The molecule has 0 atom stereocenters. The summed E-state index contributed by atoms with van der Waals surface area (Å²) in [5, 5.41) is 0. The van der Waals surface area contributed by atoms with Gasteiger partial charge in [-0.05, 0) is 67.5 Å². The van der Waals surface area contributed by atoms with E-state index in [2.05, 4.69) is 61.8 Å². The summed E-state index contributed by atoms with van der Waals surface area (Å²) in [6.07, 6.45) is 6.80. The Morgan fingerprint density at radius 2 is 1.54 bits per heavy atom. The van der Waals surface area contributed by atoms with Crippen LogP contribution < -0.4 is 4.90 Å². The first-order valence-corrected chi connectivity index (χ1v) is 10.5. The average Bonchev–Trinajstić information content (AvgIpc) is 2.62. The lowest BCUT2D eigenvalue weighted by Gasteiger charge is -2.40. The minimum atomic E-state index is 0. The van der Waals surface area contributed by atoms with E-state index in [1.54, 1.807) is 5.56 Å². The summed E-state index contributed by atoms with van der Waals surface area (Å²) in [6, 6.07) is 9.27. The number of anilines is 1. The van der Waals surface area contributed by atoms with Gasteiger partial charge in [-0.25, -0.2) is 0 Å². The SMILES string of the molecule is CCCN1CCN(c2ccccc2C2CCC(C(C)(C)C)CC2)CC1.Cl. The molecule has 1 aromatic carbocycles. The fourth-order valence-electron chi connectivity index (χ4n) is 4.92. The molecule has 3 rings (SSSR count). The highest BCUT2D eigenvalue weighted by atomic mass is 35.5. The van der Waals surface area contributed by atoms with E-state index in [9.17, 15) is 0 Å². The third kappa shape index (κ3) is 5.16. The van der Waals surface area contributed by atoms with Gasteiger partial charge in [-0.15, -0.1) is 12.4 Å². The van der Waals surface area contributed by atoms with E-state index in [4.69, 9.17) is 0 Å². The van der Waals surface area contributed by atoms with Crippen molar-refractivity contribution in [2.75, 3.05) is 37.6 Å². The van der Waals surface area contributed by atoms with Gasteiger partial charge in [0.25, 0.3) is 0 Å². The van der Waals surface area contributed by atoms with Crippen LogP contribution in [0, 0.1) is 11.3 Å². The normalized spacial score (nSPS) is 25.0. The summed E-state index contributed by atoms with van der Waals surface area (Å²) in [5.41, 5.74) is 3.62. The van der Waals surface area contributed by atoms with Crippen LogP contribution in [0.3, 0.4) is 0 Å². The lowest BCUT2D eigenvalue weighted by atomic mass is 9.68. The lowest BCUT2D eigenvalue weighted by Crippen LogP contribution is -2.46. The average molecular weight is 379 g/mol. The van der Waals surface area contributed by atoms with Crippen LogP contribution in [-0.4, -0.2) is 37.6 Å². The molecule has 2 aliphatic rings. The molecule has 0 unspecified atom stereocenters. The van der Waals surface area contributed by atoms with Crippen molar-refractivity contribution in [1.29, 1.82) is 0 Å². The highest BCUT2D eigenvalue weighted by molar-refractivity contribution is 5.85. The van der Waals surface area contributed by atoms with Crippen molar-refractivity contribution in [2.24, 2.45) is 11.3 Å². The number of nitrogens with zero attached hydrogens (tertiary/aromatic N) is 2. The summed E-state index contributed by atoms with van der Waals surface area (Å²) >= 11 is 0. The molecule has 1 saturated heterocycles. The van der Waals surface area contributed by atoms with Gasteiger partial charge in [0, 0.05) is 31.9 Å². The molecule has 0 radical (unpaired) electrons. The Hall–Kier alpha value is -0.730. The van der Waals surface area contributed by atoms with Gasteiger partial charge >= 0.3 is 0 Å². The molecule has 0 bridgehead atoms. The summed E-state index contributed by atoms with van der Waals surface area (Å²) in [7, 11) is 0. The second-order valence-electron chi connectivity index (χ2n) is 9.30. The Labute approximate surface area is 167 Å². The second-order valence-corrected chi connectivity index (χ2v) is 9.30. The molecule has 3 heteroatoms. The van der Waals surface area contributed by atoms with Crippen LogP contribution in [0.1, 0.15) is 71.3 Å². The fourth-order valence-corrected chi connectivity index (χ4v) is 4.92. The topological polar surface area (TPSA) is 6.48 Å². The number of para-hydroxylation sites is 1. The first-order valence-electron chi connectivity index (χ1n) is 10.5. The maximum absolute atomic E-state index is 2.65. The molecule has 1 saturated carbocycles. The van der Waals surface area contributed by atoms with Crippen LogP contribution >= 0.6 is 12.4 Å². The molecule has 0 spiro atoms. The predicted molar refractivity (Wildman–Crippen MR) is 117 cm³/mol. The molecule has 1 aliphatic carbocycles.